The van der Waals surface area contributed by atoms with Crippen LogP contribution in [0.5, 0.6) is 5.75 Å². The summed E-state index contributed by atoms with van der Waals surface area (Å²) < 4.78 is 6.32. The van der Waals surface area contributed by atoms with Crippen molar-refractivity contribution in [3.05, 3.63) is 70.6 Å². The van der Waals surface area contributed by atoms with Crippen LogP contribution < -0.4 is 15.6 Å². The largest absolute Gasteiger partial charge is 0.496 e. The topological polar surface area (TPSA) is 97.6 Å². The zero-order chi connectivity index (χ0) is 18.7. The average molecular weight is 352 g/mol. The van der Waals surface area contributed by atoms with Crippen molar-refractivity contribution in [1.29, 1.82) is 0 Å². The predicted octanol–water partition coefficient (Wildman–Crippen LogP) is 2.35. The summed E-state index contributed by atoms with van der Waals surface area (Å²) in [7, 11) is 1.48. The first-order chi connectivity index (χ1) is 12.5. The molecule has 7 heteroatoms. The predicted molar refractivity (Wildman–Crippen MR) is 96.8 cm³/mol. The molecular formula is C19H16N2O5. The van der Waals surface area contributed by atoms with Crippen LogP contribution in [0.1, 0.15) is 10.4 Å². The maximum absolute atomic E-state index is 12.7. The van der Waals surface area contributed by atoms with Crippen LogP contribution in [0, 0.1) is 0 Å². The number of hydrogen-bond donors (Lipinski definition) is 2. The van der Waals surface area contributed by atoms with Crippen molar-refractivity contribution >= 4 is 28.3 Å². The Morgan fingerprint density at radius 2 is 1.81 bits per heavy atom. The zero-order valence-corrected chi connectivity index (χ0v) is 13.9. The summed E-state index contributed by atoms with van der Waals surface area (Å²) in [6, 6.07) is 13.7. The molecule has 0 aliphatic rings. The number of amides is 1. The van der Waals surface area contributed by atoms with Gasteiger partial charge in [-0.2, -0.15) is 0 Å². The number of carbonyl (C=O) groups excluding carboxylic acids is 1. The zero-order valence-electron chi connectivity index (χ0n) is 13.9. The van der Waals surface area contributed by atoms with Crippen LogP contribution in [0.15, 0.2) is 59.5 Å². The number of carboxylic acid groups (broad SMARTS) is 1. The number of hydrogen-bond acceptors (Lipinski definition) is 4. The molecule has 132 valence electrons. The van der Waals surface area contributed by atoms with Crippen LogP contribution in [-0.4, -0.2) is 28.7 Å². The Kier molecular flexibility index (Phi) is 4.70. The fraction of sp³-hybridized carbons (Fsp3) is 0.105. The summed E-state index contributed by atoms with van der Waals surface area (Å²) in [5, 5.41) is 13.3. The van der Waals surface area contributed by atoms with E-state index in [-0.39, 0.29) is 0 Å². The molecule has 2 N–H and O–H groups in total. The first-order valence-corrected chi connectivity index (χ1v) is 7.78. The Morgan fingerprint density at radius 1 is 1.12 bits per heavy atom. The van der Waals surface area contributed by atoms with Crippen molar-refractivity contribution in [3.8, 4) is 5.75 Å². The number of aromatic nitrogens is 1. The number of benzene rings is 2. The third kappa shape index (κ3) is 3.56. The van der Waals surface area contributed by atoms with E-state index in [1.807, 2.05) is 24.3 Å². The van der Waals surface area contributed by atoms with Gasteiger partial charge in [0.15, 0.2) is 0 Å². The van der Waals surface area contributed by atoms with Gasteiger partial charge in [0.05, 0.1) is 18.4 Å². The molecule has 2 aromatic carbocycles. The summed E-state index contributed by atoms with van der Waals surface area (Å²) in [6.07, 6.45) is 1.29. The molecule has 0 atom stereocenters. The average Bonchev–Trinajstić information content (AvgIpc) is 2.62. The van der Waals surface area contributed by atoms with Crippen molar-refractivity contribution in [2.45, 2.75) is 6.54 Å². The van der Waals surface area contributed by atoms with E-state index in [4.69, 9.17) is 9.84 Å². The molecule has 1 aromatic heterocycles. The lowest BCUT2D eigenvalue weighted by molar-refractivity contribution is -0.137. The van der Waals surface area contributed by atoms with Crippen LogP contribution in [0.3, 0.4) is 0 Å². The molecule has 0 aliphatic heterocycles. The lowest BCUT2D eigenvalue weighted by Gasteiger charge is -2.12. The molecule has 0 saturated carbocycles. The first-order valence-electron chi connectivity index (χ1n) is 7.78. The van der Waals surface area contributed by atoms with Crippen molar-refractivity contribution in [2.75, 3.05) is 12.4 Å². The van der Waals surface area contributed by atoms with Gasteiger partial charge in [-0.3, -0.25) is 14.4 Å². The Hall–Kier alpha value is -3.61. The molecule has 0 unspecified atom stereocenters. The van der Waals surface area contributed by atoms with E-state index in [0.29, 0.717) is 17.0 Å². The summed E-state index contributed by atoms with van der Waals surface area (Å²) >= 11 is 0. The van der Waals surface area contributed by atoms with Crippen LogP contribution in [0.2, 0.25) is 0 Å². The molecule has 0 spiro atoms. The van der Waals surface area contributed by atoms with Gasteiger partial charge in [0.2, 0.25) is 0 Å². The van der Waals surface area contributed by atoms with Gasteiger partial charge < -0.3 is 19.7 Å². The number of methoxy groups -OCH3 is 1. The summed E-state index contributed by atoms with van der Waals surface area (Å²) in [5.41, 5.74) is 0.182. The maximum Gasteiger partial charge on any atom is 0.323 e. The van der Waals surface area contributed by atoms with E-state index in [2.05, 4.69) is 5.32 Å². The van der Waals surface area contributed by atoms with Gasteiger partial charge in [-0.25, -0.2) is 0 Å². The highest BCUT2D eigenvalue weighted by Crippen LogP contribution is 2.26. The molecule has 0 saturated heterocycles. The van der Waals surface area contributed by atoms with Crippen molar-refractivity contribution in [3.63, 3.8) is 0 Å². The summed E-state index contributed by atoms with van der Waals surface area (Å²) in [5.74, 6) is -1.15. The lowest BCUT2D eigenvalue weighted by Crippen LogP contribution is -2.24. The van der Waals surface area contributed by atoms with Gasteiger partial charge in [-0.15, -0.1) is 0 Å². The number of aliphatic carboxylic acids is 1. The Balaban J connectivity index is 1.94. The van der Waals surface area contributed by atoms with Gasteiger partial charge in [0.1, 0.15) is 12.3 Å². The number of nitrogens with one attached hydrogen (secondary N) is 1. The van der Waals surface area contributed by atoms with E-state index in [0.717, 1.165) is 15.3 Å². The van der Waals surface area contributed by atoms with Gasteiger partial charge >= 0.3 is 5.97 Å². The molecular weight excluding hydrogens is 336 g/mol. The fourth-order valence-electron chi connectivity index (χ4n) is 2.64. The molecule has 0 aliphatic carbocycles. The third-order valence-electron chi connectivity index (χ3n) is 3.86. The minimum absolute atomic E-state index is 0.311. The number of ether oxygens (including phenoxy) is 1. The summed E-state index contributed by atoms with van der Waals surface area (Å²) in [4.78, 5) is 35.2. The maximum atomic E-state index is 12.7. The van der Waals surface area contributed by atoms with Crippen molar-refractivity contribution in [2.24, 2.45) is 0 Å². The van der Waals surface area contributed by atoms with Crippen molar-refractivity contribution in [1.82, 2.24) is 4.57 Å². The molecule has 3 aromatic rings. The molecule has 7 nitrogen and oxygen atoms in total. The van der Waals surface area contributed by atoms with Gasteiger partial charge in [0.25, 0.3) is 11.5 Å². The van der Waals surface area contributed by atoms with Gasteiger partial charge in [-0.05, 0) is 29.0 Å². The number of nitrogens with zero attached hydrogens (tertiary/aromatic N) is 1. The minimum Gasteiger partial charge on any atom is -0.496 e. The standard InChI is InChI=1S/C19H16N2O5/c1-26-16-9-13-5-3-2-4-12(13)8-15(16)19(25)20-14-6-7-17(22)21(10-14)11-18(23)24/h2-10H,11H2,1H3,(H,20,25)(H,23,24). The monoisotopic (exact) mass is 352 g/mol. The van der Waals surface area contributed by atoms with E-state index < -0.39 is 24.0 Å². The highest BCUT2D eigenvalue weighted by Gasteiger charge is 2.14. The number of carboxylic acids is 1. The van der Waals surface area contributed by atoms with Gasteiger partial charge in [0, 0.05) is 12.3 Å². The number of anilines is 1. The normalized spacial score (nSPS) is 10.5. The molecule has 1 heterocycles. The number of fused-ring (bicyclic) bond motifs is 1. The van der Waals surface area contributed by atoms with Gasteiger partial charge in [-0.1, -0.05) is 24.3 Å². The Morgan fingerprint density at radius 3 is 2.46 bits per heavy atom. The second-order valence-corrected chi connectivity index (χ2v) is 5.63. The quantitative estimate of drug-likeness (QED) is 0.734. The van der Waals surface area contributed by atoms with Crippen LogP contribution in [0.25, 0.3) is 10.8 Å². The minimum atomic E-state index is -1.15. The van der Waals surface area contributed by atoms with E-state index in [1.54, 1.807) is 12.1 Å². The lowest BCUT2D eigenvalue weighted by atomic mass is 10.1. The second-order valence-electron chi connectivity index (χ2n) is 5.63. The second kappa shape index (κ2) is 7.10. The Labute approximate surface area is 148 Å². The van der Waals surface area contributed by atoms with Crippen LogP contribution in [-0.2, 0) is 11.3 Å². The van der Waals surface area contributed by atoms with E-state index in [1.165, 1.54) is 25.4 Å². The van der Waals surface area contributed by atoms with Crippen LogP contribution in [0.4, 0.5) is 5.69 Å². The molecule has 26 heavy (non-hydrogen) atoms. The molecule has 0 radical (unpaired) electrons. The highest BCUT2D eigenvalue weighted by molar-refractivity contribution is 6.08. The SMILES string of the molecule is COc1cc2ccccc2cc1C(=O)Nc1ccc(=O)n(CC(=O)O)c1. The Bertz CT molecular complexity index is 1060. The van der Waals surface area contributed by atoms with E-state index >= 15 is 0 Å². The van der Waals surface area contributed by atoms with E-state index in [9.17, 15) is 14.4 Å². The first kappa shape index (κ1) is 17.2. The van der Waals surface area contributed by atoms with Crippen molar-refractivity contribution < 1.29 is 19.4 Å². The smallest absolute Gasteiger partial charge is 0.323 e. The fourth-order valence-corrected chi connectivity index (χ4v) is 2.64. The summed E-state index contributed by atoms with van der Waals surface area (Å²) in [6.45, 7) is -0.484. The highest BCUT2D eigenvalue weighted by atomic mass is 16.5. The molecule has 0 fully saturated rings. The molecule has 3 rings (SSSR count). The van der Waals surface area contributed by atoms with Crippen LogP contribution >= 0.6 is 0 Å². The number of pyridine rings is 1. The number of rotatable bonds is 5. The number of carbonyl (C=O) groups is 2. The molecule has 1 amide bonds. The third-order valence-corrected chi connectivity index (χ3v) is 3.86. The molecule has 0 bridgehead atoms.